The molecule has 2 fully saturated rings. The second-order valence-electron chi connectivity index (χ2n) is 11.4. The van der Waals surface area contributed by atoms with E-state index in [0.717, 1.165) is 5.56 Å². The number of carbonyl (C=O) groups is 5. The van der Waals surface area contributed by atoms with Gasteiger partial charge in [0.25, 0.3) is 11.8 Å². The van der Waals surface area contributed by atoms with Gasteiger partial charge in [0, 0.05) is 26.6 Å². The molecule has 0 saturated carbocycles. The van der Waals surface area contributed by atoms with E-state index in [2.05, 4.69) is 21.1 Å². The third kappa shape index (κ3) is 7.58. The van der Waals surface area contributed by atoms with Gasteiger partial charge in [-0.05, 0) is 24.8 Å². The molecule has 2 aliphatic rings. The van der Waals surface area contributed by atoms with Crippen LogP contribution in [0, 0.1) is 12.8 Å². The lowest BCUT2D eigenvalue weighted by Crippen LogP contribution is -2.59. The van der Waals surface area contributed by atoms with E-state index in [1.165, 1.54) is 16.8 Å². The zero-order valence-electron chi connectivity index (χ0n) is 25.2. The molecule has 1 aromatic heterocycles. The normalized spacial score (nSPS) is 24.1. The summed E-state index contributed by atoms with van der Waals surface area (Å²) < 4.78 is 11.4. The molecule has 232 valence electrons. The summed E-state index contributed by atoms with van der Waals surface area (Å²) in [5, 5.41) is 12.3. The lowest BCUT2D eigenvalue weighted by Gasteiger charge is -2.38. The highest BCUT2D eigenvalue weighted by molar-refractivity contribution is 5.97. The summed E-state index contributed by atoms with van der Waals surface area (Å²) in [4.78, 5) is 69.8. The van der Waals surface area contributed by atoms with Gasteiger partial charge in [0.1, 0.15) is 23.4 Å². The molecule has 3 heterocycles. The maximum absolute atomic E-state index is 13.7. The van der Waals surface area contributed by atoms with Gasteiger partial charge in [-0.25, -0.2) is 0 Å². The van der Waals surface area contributed by atoms with Crippen molar-refractivity contribution < 1.29 is 33.2 Å². The Morgan fingerprint density at radius 1 is 1.07 bits per heavy atom. The van der Waals surface area contributed by atoms with E-state index < -0.39 is 47.9 Å². The number of amides is 5. The molecular formula is C30H40N6O7. The Balaban J connectivity index is 1.68. The van der Waals surface area contributed by atoms with Crippen molar-refractivity contribution in [3.63, 3.8) is 0 Å². The highest BCUT2D eigenvalue weighted by Crippen LogP contribution is 2.21. The number of fused-ring (bicyclic) bond motifs is 2. The largest absolute Gasteiger partial charge is 0.361 e. The number of aryl methyl sites for hydroxylation is 2. The number of ether oxygens (including phenoxy) is 1. The average molecular weight is 597 g/mol. The minimum Gasteiger partial charge on any atom is -0.361 e. The molecule has 2 aliphatic heterocycles. The second-order valence-corrected chi connectivity index (χ2v) is 11.4. The molecule has 13 nitrogen and oxygen atoms in total. The molecule has 0 radical (unpaired) electrons. The standard InChI is InChI=1S/C30H40N6O7/c1-6-21-25(18(4)43-34-21)30(41)36-14-20-13-31-28(39)26(17(2)3)33-24(37)16-35(5)29(40)22(12-19-10-8-7-9-11-19)32-27(38)23(15-36)42-20/h7-11,17,20,22-23,26H,6,12-16H2,1-5H3,(H,31,39)(H,32,38)(H,33,37)/t20-,22+,23+,26-/m0/s1. The van der Waals surface area contributed by atoms with E-state index in [4.69, 9.17) is 9.26 Å². The minimum atomic E-state index is -1.13. The summed E-state index contributed by atoms with van der Waals surface area (Å²) >= 11 is 0. The Labute approximate surface area is 250 Å². The van der Waals surface area contributed by atoms with Gasteiger partial charge in [-0.1, -0.05) is 56.3 Å². The van der Waals surface area contributed by atoms with E-state index in [9.17, 15) is 24.0 Å². The van der Waals surface area contributed by atoms with Gasteiger partial charge in [0.15, 0.2) is 6.10 Å². The molecule has 2 aromatic rings. The topological polar surface area (TPSA) is 163 Å². The van der Waals surface area contributed by atoms with Gasteiger partial charge in [-0.15, -0.1) is 0 Å². The first-order valence-corrected chi connectivity index (χ1v) is 14.5. The Bertz CT molecular complexity index is 1340. The maximum Gasteiger partial charge on any atom is 0.259 e. The Morgan fingerprint density at radius 2 is 1.79 bits per heavy atom. The van der Waals surface area contributed by atoms with Gasteiger partial charge < -0.3 is 35.0 Å². The molecule has 0 spiro atoms. The number of rotatable bonds is 5. The molecular weight excluding hydrogens is 556 g/mol. The fourth-order valence-electron chi connectivity index (χ4n) is 5.31. The van der Waals surface area contributed by atoms with Crippen LogP contribution in [0.5, 0.6) is 0 Å². The summed E-state index contributed by atoms with van der Waals surface area (Å²) in [7, 11) is 1.47. The van der Waals surface area contributed by atoms with Crippen LogP contribution >= 0.6 is 0 Å². The van der Waals surface area contributed by atoms with E-state index in [1.54, 1.807) is 20.8 Å². The van der Waals surface area contributed by atoms with Crippen molar-refractivity contribution in [3.8, 4) is 0 Å². The van der Waals surface area contributed by atoms with E-state index in [-0.39, 0.29) is 44.4 Å². The Kier molecular flexibility index (Phi) is 10.2. The van der Waals surface area contributed by atoms with Crippen LogP contribution in [0.2, 0.25) is 0 Å². The highest BCUT2D eigenvalue weighted by atomic mass is 16.5. The molecule has 5 amide bonds. The van der Waals surface area contributed by atoms with Crippen LogP contribution in [-0.2, 0) is 36.8 Å². The Hall–Kier alpha value is -4.26. The first-order chi connectivity index (χ1) is 20.5. The van der Waals surface area contributed by atoms with E-state index in [0.29, 0.717) is 23.4 Å². The Morgan fingerprint density at radius 3 is 2.47 bits per heavy atom. The molecule has 2 saturated heterocycles. The van der Waals surface area contributed by atoms with E-state index in [1.807, 2.05) is 37.3 Å². The maximum atomic E-state index is 13.7. The fourth-order valence-corrected chi connectivity index (χ4v) is 5.31. The van der Waals surface area contributed by atoms with Crippen LogP contribution in [0.25, 0.3) is 0 Å². The number of carbonyl (C=O) groups excluding carboxylic acids is 5. The van der Waals surface area contributed by atoms with Crippen LogP contribution in [0.3, 0.4) is 0 Å². The molecule has 0 unspecified atom stereocenters. The molecule has 4 rings (SSSR count). The van der Waals surface area contributed by atoms with E-state index >= 15 is 0 Å². The number of nitrogens with one attached hydrogen (secondary N) is 3. The van der Waals surface area contributed by atoms with Crippen LogP contribution in [0.1, 0.15) is 48.1 Å². The average Bonchev–Trinajstić information content (AvgIpc) is 3.37. The SMILES string of the molecule is CCc1noc(C)c1C(=O)N1C[C@@H]2CNC(=O)[C@H](C(C)C)NC(=O)CN(C)C(=O)[C@@H](Cc3ccccc3)NC(=O)[C@@H](C1)O2. The molecule has 1 aromatic carbocycles. The van der Waals surface area contributed by atoms with Crippen molar-refractivity contribution in [3.05, 3.63) is 52.9 Å². The van der Waals surface area contributed by atoms with Crippen LogP contribution in [0.4, 0.5) is 0 Å². The molecule has 2 bridgehead atoms. The number of morpholine rings is 1. The third-order valence-corrected chi connectivity index (χ3v) is 7.65. The van der Waals surface area contributed by atoms with Crippen LogP contribution < -0.4 is 16.0 Å². The van der Waals surface area contributed by atoms with Gasteiger partial charge >= 0.3 is 0 Å². The number of nitrogens with zero attached hydrogens (tertiary/aromatic N) is 3. The first kappa shape index (κ1) is 31.7. The first-order valence-electron chi connectivity index (χ1n) is 14.5. The predicted molar refractivity (Wildman–Crippen MR) is 155 cm³/mol. The number of benzene rings is 1. The monoisotopic (exact) mass is 596 g/mol. The zero-order chi connectivity index (χ0) is 31.3. The lowest BCUT2D eigenvalue weighted by molar-refractivity contribution is -0.148. The third-order valence-electron chi connectivity index (χ3n) is 7.65. The fraction of sp³-hybridized carbons (Fsp3) is 0.533. The summed E-state index contributed by atoms with van der Waals surface area (Å²) in [6.45, 7) is 6.79. The highest BCUT2D eigenvalue weighted by Gasteiger charge is 2.39. The van der Waals surface area contributed by atoms with Crippen LogP contribution in [0.15, 0.2) is 34.9 Å². The van der Waals surface area contributed by atoms with Gasteiger partial charge in [-0.3, -0.25) is 24.0 Å². The van der Waals surface area contributed by atoms with Crippen LogP contribution in [-0.4, -0.2) is 102 Å². The van der Waals surface area contributed by atoms with Crippen molar-refractivity contribution in [2.24, 2.45) is 5.92 Å². The summed E-state index contributed by atoms with van der Waals surface area (Å²) in [5.74, 6) is -2.27. The number of likely N-dealkylation sites (N-methyl/N-ethyl adjacent to an activating group) is 1. The predicted octanol–water partition coefficient (Wildman–Crippen LogP) is 0.212. The molecule has 3 N–H and O–H groups in total. The molecule has 0 aliphatic carbocycles. The van der Waals surface area contributed by atoms with Gasteiger partial charge in [-0.2, -0.15) is 0 Å². The summed E-state index contributed by atoms with van der Waals surface area (Å²) in [6, 6.07) is 7.30. The van der Waals surface area contributed by atoms with Crippen molar-refractivity contribution >= 4 is 29.5 Å². The summed E-state index contributed by atoms with van der Waals surface area (Å²) in [6.07, 6.45) is -1.23. The number of hydrogen-bond donors (Lipinski definition) is 3. The smallest absolute Gasteiger partial charge is 0.259 e. The minimum absolute atomic E-state index is 0.0129. The summed E-state index contributed by atoms with van der Waals surface area (Å²) in [5.41, 5.74) is 1.64. The van der Waals surface area contributed by atoms with Crippen molar-refractivity contribution in [1.29, 1.82) is 0 Å². The number of hydrogen-bond acceptors (Lipinski definition) is 8. The van der Waals surface area contributed by atoms with Crippen molar-refractivity contribution in [2.75, 3.05) is 33.2 Å². The quantitative estimate of drug-likeness (QED) is 0.441. The van der Waals surface area contributed by atoms with Gasteiger partial charge in [0.05, 0.1) is 24.9 Å². The van der Waals surface area contributed by atoms with Crippen molar-refractivity contribution in [2.45, 2.75) is 64.8 Å². The molecule has 13 heteroatoms. The lowest BCUT2D eigenvalue weighted by atomic mass is 10.0. The van der Waals surface area contributed by atoms with Gasteiger partial charge in [0.2, 0.25) is 17.7 Å². The second kappa shape index (κ2) is 13.8. The zero-order valence-corrected chi connectivity index (χ0v) is 25.2. The molecule has 4 atom stereocenters. The van der Waals surface area contributed by atoms with Crippen molar-refractivity contribution in [1.82, 2.24) is 30.9 Å². The molecule has 43 heavy (non-hydrogen) atoms. The number of aromatic nitrogens is 1.